The van der Waals surface area contributed by atoms with E-state index < -0.39 is 0 Å². The number of hydrogen-bond donors (Lipinski definition) is 2. The number of hydrogen-bond acceptors (Lipinski definition) is 8. The third-order valence-corrected chi connectivity index (χ3v) is 6.62. The molecule has 166 valence electrons. The molecule has 10 heteroatoms. The summed E-state index contributed by atoms with van der Waals surface area (Å²) >= 11 is 3.51. The van der Waals surface area contributed by atoms with E-state index >= 15 is 0 Å². The maximum absolute atomic E-state index is 12.1. The first-order valence-corrected chi connectivity index (χ1v) is 11.4. The summed E-state index contributed by atoms with van der Waals surface area (Å²) in [6.07, 6.45) is 5.30. The van der Waals surface area contributed by atoms with Crippen LogP contribution >= 0.6 is 15.9 Å². The number of benzene rings is 1. The topological polar surface area (TPSA) is 105 Å². The van der Waals surface area contributed by atoms with Gasteiger partial charge in [0.25, 0.3) is 0 Å². The highest BCUT2D eigenvalue weighted by Gasteiger charge is 2.33. The van der Waals surface area contributed by atoms with Gasteiger partial charge in [0.05, 0.1) is 17.8 Å². The Balaban J connectivity index is 1.21. The van der Waals surface area contributed by atoms with E-state index in [1.807, 2.05) is 37.9 Å². The molecule has 1 aliphatic carbocycles. The maximum Gasteiger partial charge on any atom is 0.246 e. The molecule has 0 radical (unpaired) electrons. The number of aryl methyl sites for hydroxylation is 1. The molecule has 1 fully saturated rings. The minimum Gasteiger partial charge on any atom is -0.491 e. The molecule has 1 amide bonds. The molecule has 1 aromatic carbocycles. The molecule has 0 saturated heterocycles. The Morgan fingerprint density at radius 1 is 1.25 bits per heavy atom. The van der Waals surface area contributed by atoms with Crippen LogP contribution in [0.1, 0.15) is 25.5 Å². The van der Waals surface area contributed by atoms with Crippen molar-refractivity contribution in [2.24, 2.45) is 5.92 Å². The molecule has 0 bridgehead atoms. The minimum atomic E-state index is -0.270. The van der Waals surface area contributed by atoms with Gasteiger partial charge in [0.15, 0.2) is 5.82 Å². The van der Waals surface area contributed by atoms with Gasteiger partial charge in [0.1, 0.15) is 23.0 Å². The molecule has 2 aliphatic rings. The number of carbonyl (C=O) groups excluding carboxylic acids is 1. The van der Waals surface area contributed by atoms with Gasteiger partial charge >= 0.3 is 0 Å². The molecule has 32 heavy (non-hydrogen) atoms. The quantitative estimate of drug-likeness (QED) is 0.551. The third-order valence-electron chi connectivity index (χ3n) is 6.16. The first-order chi connectivity index (χ1) is 15.4. The number of anilines is 3. The zero-order valence-electron chi connectivity index (χ0n) is 18.1. The lowest BCUT2D eigenvalue weighted by Crippen LogP contribution is -2.45. The Bertz CT molecular complexity index is 1200. The van der Waals surface area contributed by atoms with E-state index in [-0.39, 0.29) is 11.9 Å². The van der Waals surface area contributed by atoms with E-state index in [4.69, 9.17) is 4.74 Å². The van der Waals surface area contributed by atoms with Gasteiger partial charge in [-0.1, -0.05) is 15.9 Å². The van der Waals surface area contributed by atoms with E-state index in [9.17, 15) is 4.79 Å². The van der Waals surface area contributed by atoms with Gasteiger partial charge in [0, 0.05) is 30.0 Å². The summed E-state index contributed by atoms with van der Waals surface area (Å²) < 4.78 is 7.01. The maximum atomic E-state index is 12.1. The van der Waals surface area contributed by atoms with Gasteiger partial charge in [-0.05, 0) is 44.7 Å². The third kappa shape index (κ3) is 3.83. The van der Waals surface area contributed by atoms with E-state index in [1.165, 1.54) is 0 Å². The normalized spacial score (nSPS) is 22.2. The molecule has 2 N–H and O–H groups in total. The Morgan fingerprint density at radius 2 is 2.03 bits per heavy atom. The predicted octanol–water partition coefficient (Wildman–Crippen LogP) is 3.54. The second-order valence-electron chi connectivity index (χ2n) is 8.43. The highest BCUT2D eigenvalue weighted by atomic mass is 79.9. The number of amides is 1. The summed E-state index contributed by atoms with van der Waals surface area (Å²) in [5.41, 5.74) is 3.02. The number of rotatable bonds is 5. The van der Waals surface area contributed by atoms with Crippen LogP contribution in [0.15, 0.2) is 29.0 Å². The van der Waals surface area contributed by atoms with Crippen LogP contribution in [-0.4, -0.2) is 51.6 Å². The van der Waals surface area contributed by atoms with Crippen molar-refractivity contribution in [3.05, 3.63) is 34.7 Å². The number of ether oxygens (including phenoxy) is 1. The Labute approximate surface area is 194 Å². The van der Waals surface area contributed by atoms with E-state index in [1.54, 1.807) is 12.4 Å². The zero-order valence-corrected chi connectivity index (χ0v) is 19.7. The van der Waals surface area contributed by atoms with E-state index in [2.05, 4.69) is 46.5 Å². The zero-order chi connectivity index (χ0) is 22.4. The van der Waals surface area contributed by atoms with Crippen LogP contribution in [0.3, 0.4) is 0 Å². The second kappa shape index (κ2) is 8.16. The van der Waals surface area contributed by atoms with Crippen LogP contribution in [0.2, 0.25) is 0 Å². The number of halogens is 1. The van der Waals surface area contributed by atoms with Gasteiger partial charge in [-0.2, -0.15) is 4.98 Å². The van der Waals surface area contributed by atoms with Crippen molar-refractivity contribution < 1.29 is 9.53 Å². The number of aromatic nitrogens is 4. The molecular weight excluding hydrogens is 474 g/mol. The summed E-state index contributed by atoms with van der Waals surface area (Å²) in [5.74, 6) is 2.48. The van der Waals surface area contributed by atoms with Crippen LogP contribution in [0.5, 0.6) is 5.75 Å². The minimum absolute atomic E-state index is 0.0431. The number of nitrogens with one attached hydrogen (secondary N) is 2. The molecule has 3 heterocycles. The number of fused-ring (bicyclic) bond motifs is 2. The molecule has 1 atom stereocenters. The Hall–Kier alpha value is -3.01. The fourth-order valence-corrected chi connectivity index (χ4v) is 4.54. The number of carbonyl (C=O) groups is 1. The van der Waals surface area contributed by atoms with Crippen LogP contribution in [-0.2, 0) is 4.79 Å². The average molecular weight is 498 g/mol. The lowest BCUT2D eigenvalue weighted by molar-refractivity contribution is -0.117. The molecule has 1 aliphatic heterocycles. The van der Waals surface area contributed by atoms with Crippen LogP contribution < -0.4 is 20.3 Å². The van der Waals surface area contributed by atoms with Gasteiger partial charge < -0.3 is 20.3 Å². The first kappa shape index (κ1) is 20.9. The summed E-state index contributed by atoms with van der Waals surface area (Å²) in [5, 5.41) is 6.35. The monoisotopic (exact) mass is 497 g/mol. The molecule has 0 unspecified atom stereocenters. The molecule has 1 saturated carbocycles. The van der Waals surface area contributed by atoms with Crippen molar-refractivity contribution >= 4 is 50.3 Å². The SMILES string of the molecule is Cc1nc(NC2CC(COc3cc(Br)cc4nccnc34)C2)nc2c1NC(=O)[C@H](C)N2C. The summed E-state index contributed by atoms with van der Waals surface area (Å²) in [6, 6.07) is 3.89. The van der Waals surface area contributed by atoms with Crippen LogP contribution in [0, 0.1) is 12.8 Å². The highest BCUT2D eigenvalue weighted by Crippen LogP contribution is 2.35. The van der Waals surface area contributed by atoms with Crippen molar-refractivity contribution in [3.8, 4) is 5.75 Å². The van der Waals surface area contributed by atoms with Gasteiger partial charge in [-0.3, -0.25) is 9.78 Å². The second-order valence-corrected chi connectivity index (χ2v) is 9.34. The first-order valence-electron chi connectivity index (χ1n) is 10.6. The van der Waals surface area contributed by atoms with Crippen molar-refractivity contribution in [2.45, 2.75) is 38.8 Å². The lowest BCUT2D eigenvalue weighted by Gasteiger charge is -2.36. The highest BCUT2D eigenvalue weighted by molar-refractivity contribution is 9.10. The standard InChI is InChI=1S/C22H24BrN7O2/c1-11-18-20(30(3)12(2)21(31)28-18)29-22(26-11)27-15-6-13(7-15)10-32-17-9-14(23)8-16-19(17)25-5-4-24-16/h4-5,8-9,12-13,15H,6-7,10H2,1-3H3,(H,28,31)(H,26,27,29)/t12-,13?,15?/m0/s1. The number of nitrogens with zero attached hydrogens (tertiary/aromatic N) is 5. The Kier molecular flexibility index (Phi) is 5.32. The van der Waals surface area contributed by atoms with Crippen molar-refractivity contribution in [1.82, 2.24) is 19.9 Å². The van der Waals surface area contributed by atoms with Gasteiger partial charge in [0.2, 0.25) is 11.9 Å². The molecule has 3 aromatic rings. The van der Waals surface area contributed by atoms with Crippen LogP contribution in [0.25, 0.3) is 11.0 Å². The van der Waals surface area contributed by atoms with E-state index in [0.717, 1.165) is 45.6 Å². The van der Waals surface area contributed by atoms with Crippen molar-refractivity contribution in [3.63, 3.8) is 0 Å². The lowest BCUT2D eigenvalue weighted by atomic mass is 9.81. The summed E-state index contributed by atoms with van der Waals surface area (Å²) in [7, 11) is 1.88. The summed E-state index contributed by atoms with van der Waals surface area (Å²) in [4.78, 5) is 31.9. The molecule has 0 spiro atoms. The fourth-order valence-electron chi connectivity index (χ4n) is 4.11. The molecule has 2 aromatic heterocycles. The molecule has 5 rings (SSSR count). The molecule has 9 nitrogen and oxygen atoms in total. The smallest absolute Gasteiger partial charge is 0.246 e. The fraction of sp³-hybridized carbons (Fsp3) is 0.409. The predicted molar refractivity (Wildman–Crippen MR) is 126 cm³/mol. The Morgan fingerprint density at radius 3 is 2.84 bits per heavy atom. The average Bonchev–Trinajstić information content (AvgIpc) is 2.74. The largest absolute Gasteiger partial charge is 0.491 e. The summed E-state index contributed by atoms with van der Waals surface area (Å²) in [6.45, 7) is 4.37. The van der Waals surface area contributed by atoms with Gasteiger partial charge in [-0.15, -0.1) is 0 Å². The van der Waals surface area contributed by atoms with Gasteiger partial charge in [-0.25, -0.2) is 9.97 Å². The van der Waals surface area contributed by atoms with E-state index in [0.29, 0.717) is 30.2 Å². The molecular formula is C22H24BrN7O2. The number of likely N-dealkylation sites (N-methyl/N-ethyl adjacent to an activating group) is 1. The van der Waals surface area contributed by atoms with Crippen molar-refractivity contribution in [2.75, 3.05) is 29.2 Å². The van der Waals surface area contributed by atoms with Crippen LogP contribution in [0.4, 0.5) is 17.5 Å². The van der Waals surface area contributed by atoms with Crippen molar-refractivity contribution in [1.29, 1.82) is 0 Å².